The summed E-state index contributed by atoms with van der Waals surface area (Å²) in [6.45, 7) is 4.36. The molecule has 2 amide bonds. The number of hydrogen-bond acceptors (Lipinski definition) is 4. The van der Waals surface area contributed by atoms with Crippen LogP contribution in [0.15, 0.2) is 35.2 Å². The molecule has 2 heterocycles. The number of carbonyl (C=O) groups is 2. The zero-order valence-corrected chi connectivity index (χ0v) is 15.6. The van der Waals surface area contributed by atoms with Gasteiger partial charge in [0.15, 0.2) is 0 Å². The lowest BCUT2D eigenvalue weighted by atomic mass is 10.2. The fraction of sp³-hybridized carbons (Fsp3) is 0.263. The predicted molar refractivity (Wildman–Crippen MR) is 99.8 cm³/mol. The van der Waals surface area contributed by atoms with Crippen molar-refractivity contribution < 1.29 is 18.7 Å². The van der Waals surface area contributed by atoms with Crippen molar-refractivity contribution >= 4 is 29.0 Å². The minimum absolute atomic E-state index is 0.237. The second-order valence-corrected chi connectivity index (χ2v) is 6.96. The summed E-state index contributed by atoms with van der Waals surface area (Å²) in [7, 11) is 1.52. The van der Waals surface area contributed by atoms with Crippen molar-refractivity contribution in [3.8, 4) is 5.69 Å². The van der Waals surface area contributed by atoms with E-state index in [-0.39, 0.29) is 23.5 Å². The SMILES string of the molecule is COCCN1C(=O)S/C(=C/c2cc(C)n(-c3cccc(F)c3)c2C)C1=O. The van der Waals surface area contributed by atoms with Gasteiger partial charge in [0.25, 0.3) is 11.1 Å². The van der Waals surface area contributed by atoms with E-state index in [1.165, 1.54) is 24.1 Å². The van der Waals surface area contributed by atoms with Crippen molar-refractivity contribution in [1.82, 2.24) is 9.47 Å². The van der Waals surface area contributed by atoms with E-state index in [9.17, 15) is 14.0 Å². The van der Waals surface area contributed by atoms with Crippen LogP contribution < -0.4 is 0 Å². The fourth-order valence-corrected chi connectivity index (χ4v) is 3.82. The average Bonchev–Trinajstić information content (AvgIpc) is 3.02. The lowest BCUT2D eigenvalue weighted by Gasteiger charge is -2.10. The van der Waals surface area contributed by atoms with Gasteiger partial charge in [0, 0.05) is 24.2 Å². The van der Waals surface area contributed by atoms with Gasteiger partial charge in [-0.1, -0.05) is 6.07 Å². The first-order valence-electron chi connectivity index (χ1n) is 8.11. The van der Waals surface area contributed by atoms with Crippen LogP contribution >= 0.6 is 11.8 Å². The molecule has 1 aromatic carbocycles. The molecule has 1 aliphatic rings. The molecule has 0 saturated carbocycles. The van der Waals surface area contributed by atoms with Gasteiger partial charge in [0.1, 0.15) is 5.82 Å². The van der Waals surface area contributed by atoms with Gasteiger partial charge in [-0.3, -0.25) is 14.5 Å². The number of rotatable bonds is 5. The van der Waals surface area contributed by atoms with Crippen LogP contribution in [0.5, 0.6) is 0 Å². The van der Waals surface area contributed by atoms with E-state index in [2.05, 4.69) is 0 Å². The normalized spacial score (nSPS) is 16.2. The number of ether oxygens (including phenoxy) is 1. The van der Waals surface area contributed by atoms with Crippen molar-refractivity contribution in [3.63, 3.8) is 0 Å². The summed E-state index contributed by atoms with van der Waals surface area (Å²) in [6, 6.07) is 8.26. The topological polar surface area (TPSA) is 51.5 Å². The molecule has 0 radical (unpaired) electrons. The quantitative estimate of drug-likeness (QED) is 0.745. The fourth-order valence-electron chi connectivity index (χ4n) is 2.96. The van der Waals surface area contributed by atoms with Gasteiger partial charge in [-0.25, -0.2) is 4.39 Å². The molecule has 7 heteroatoms. The first kappa shape index (κ1) is 18.4. The molecule has 136 valence electrons. The summed E-state index contributed by atoms with van der Waals surface area (Å²) >= 11 is 0.923. The van der Waals surface area contributed by atoms with Crippen molar-refractivity contribution in [3.05, 3.63) is 58.0 Å². The summed E-state index contributed by atoms with van der Waals surface area (Å²) in [6.07, 6.45) is 1.72. The van der Waals surface area contributed by atoms with Crippen LogP contribution in [0.3, 0.4) is 0 Å². The van der Waals surface area contributed by atoms with E-state index in [0.29, 0.717) is 17.2 Å². The number of thioether (sulfide) groups is 1. The maximum Gasteiger partial charge on any atom is 0.293 e. The minimum atomic E-state index is -0.312. The molecule has 1 saturated heterocycles. The second-order valence-electron chi connectivity index (χ2n) is 5.97. The summed E-state index contributed by atoms with van der Waals surface area (Å²) < 4.78 is 20.4. The Bertz CT molecular complexity index is 904. The molecule has 26 heavy (non-hydrogen) atoms. The number of hydrogen-bond donors (Lipinski definition) is 0. The number of halogens is 1. The molecule has 5 nitrogen and oxygen atoms in total. The van der Waals surface area contributed by atoms with E-state index in [1.54, 1.807) is 12.1 Å². The van der Waals surface area contributed by atoms with Crippen LogP contribution in [0.4, 0.5) is 9.18 Å². The van der Waals surface area contributed by atoms with Crippen LogP contribution in [-0.4, -0.2) is 40.9 Å². The highest BCUT2D eigenvalue weighted by Crippen LogP contribution is 2.33. The highest BCUT2D eigenvalue weighted by Gasteiger charge is 2.34. The van der Waals surface area contributed by atoms with Gasteiger partial charge >= 0.3 is 0 Å². The van der Waals surface area contributed by atoms with E-state index in [1.807, 2.05) is 30.5 Å². The third-order valence-electron chi connectivity index (χ3n) is 4.22. The molecule has 1 fully saturated rings. The minimum Gasteiger partial charge on any atom is -0.383 e. The van der Waals surface area contributed by atoms with E-state index in [0.717, 1.165) is 28.7 Å². The molecule has 2 aromatic rings. The second kappa shape index (κ2) is 7.47. The number of amides is 2. The van der Waals surface area contributed by atoms with Crippen LogP contribution in [0.2, 0.25) is 0 Å². The lowest BCUT2D eigenvalue weighted by molar-refractivity contribution is -0.123. The Labute approximate surface area is 155 Å². The Morgan fingerprint density at radius 1 is 1.23 bits per heavy atom. The molecule has 1 aliphatic heterocycles. The number of aromatic nitrogens is 1. The molecular formula is C19H19FN2O3S. The molecule has 0 N–H and O–H groups in total. The van der Waals surface area contributed by atoms with Gasteiger partial charge < -0.3 is 9.30 Å². The molecule has 0 atom stereocenters. The largest absolute Gasteiger partial charge is 0.383 e. The van der Waals surface area contributed by atoms with Crippen LogP contribution in [0.1, 0.15) is 17.0 Å². The van der Waals surface area contributed by atoms with Gasteiger partial charge in [-0.05, 0) is 61.5 Å². The van der Waals surface area contributed by atoms with Crippen LogP contribution in [0, 0.1) is 19.7 Å². The zero-order chi connectivity index (χ0) is 18.8. The van der Waals surface area contributed by atoms with Gasteiger partial charge in [-0.2, -0.15) is 0 Å². The maximum absolute atomic E-state index is 13.6. The smallest absolute Gasteiger partial charge is 0.293 e. The average molecular weight is 374 g/mol. The molecule has 3 rings (SSSR count). The Hall–Kier alpha value is -2.38. The lowest BCUT2D eigenvalue weighted by Crippen LogP contribution is -2.31. The molecule has 1 aromatic heterocycles. The number of imide groups is 1. The highest BCUT2D eigenvalue weighted by molar-refractivity contribution is 8.18. The molecule has 0 bridgehead atoms. The first-order valence-corrected chi connectivity index (χ1v) is 8.93. The Kier molecular flexibility index (Phi) is 5.29. The Balaban J connectivity index is 1.94. The first-order chi connectivity index (χ1) is 12.4. The summed E-state index contributed by atoms with van der Waals surface area (Å²) in [5.74, 6) is -0.622. The van der Waals surface area contributed by atoms with E-state index < -0.39 is 0 Å². The third kappa shape index (κ3) is 3.45. The van der Waals surface area contributed by atoms with E-state index in [4.69, 9.17) is 4.74 Å². The number of carbonyl (C=O) groups excluding carboxylic acids is 2. The van der Waals surface area contributed by atoms with E-state index >= 15 is 0 Å². The Morgan fingerprint density at radius 3 is 2.69 bits per heavy atom. The summed E-state index contributed by atoms with van der Waals surface area (Å²) in [5, 5.41) is -0.294. The summed E-state index contributed by atoms with van der Waals surface area (Å²) in [5.41, 5.74) is 3.33. The number of aryl methyl sites for hydroxylation is 1. The highest BCUT2D eigenvalue weighted by atomic mass is 32.2. The molecular weight excluding hydrogens is 355 g/mol. The predicted octanol–water partition coefficient (Wildman–Crippen LogP) is 3.92. The van der Waals surface area contributed by atoms with Gasteiger partial charge in [0.05, 0.1) is 18.1 Å². The van der Waals surface area contributed by atoms with Crippen LogP contribution in [0.25, 0.3) is 11.8 Å². The standard InChI is InChI=1S/C19H19FN2O3S/c1-12-9-14(13(2)22(12)16-6-4-5-15(20)11-16)10-17-18(23)21(7-8-25-3)19(24)26-17/h4-6,9-11H,7-8H2,1-3H3/b17-10+. The molecule has 0 spiro atoms. The van der Waals surface area contributed by atoms with Gasteiger partial charge in [0.2, 0.25) is 0 Å². The van der Waals surface area contributed by atoms with Crippen molar-refractivity contribution in [2.75, 3.05) is 20.3 Å². The van der Waals surface area contributed by atoms with Crippen LogP contribution in [-0.2, 0) is 9.53 Å². The number of benzene rings is 1. The molecule has 0 unspecified atom stereocenters. The van der Waals surface area contributed by atoms with Gasteiger partial charge in [-0.15, -0.1) is 0 Å². The Morgan fingerprint density at radius 2 is 2.00 bits per heavy atom. The monoisotopic (exact) mass is 374 g/mol. The third-order valence-corrected chi connectivity index (χ3v) is 5.12. The number of nitrogens with zero attached hydrogens (tertiary/aromatic N) is 2. The number of methoxy groups -OCH3 is 1. The zero-order valence-electron chi connectivity index (χ0n) is 14.8. The van der Waals surface area contributed by atoms with Crippen molar-refractivity contribution in [2.45, 2.75) is 13.8 Å². The van der Waals surface area contributed by atoms with Crippen molar-refractivity contribution in [1.29, 1.82) is 0 Å². The maximum atomic E-state index is 13.6. The summed E-state index contributed by atoms with van der Waals surface area (Å²) in [4.78, 5) is 26.0. The molecule has 0 aliphatic carbocycles. The van der Waals surface area contributed by atoms with Crippen molar-refractivity contribution in [2.24, 2.45) is 0 Å².